The first kappa shape index (κ1) is 34.7. The Kier molecular flexibility index (Phi) is 10.7. The zero-order valence-electron chi connectivity index (χ0n) is 26.1. The van der Waals surface area contributed by atoms with Crippen LogP contribution in [0.4, 0.5) is 0 Å². The van der Waals surface area contributed by atoms with E-state index in [1.807, 2.05) is 48.5 Å². The predicted octanol–water partition coefficient (Wildman–Crippen LogP) is 5.43. The Morgan fingerprint density at radius 2 is 1.80 bits per heavy atom. The molecule has 0 aliphatic carbocycles. The van der Waals surface area contributed by atoms with Crippen molar-refractivity contribution >= 4 is 40.9 Å². The van der Waals surface area contributed by atoms with Gasteiger partial charge in [-0.1, -0.05) is 57.8 Å². The summed E-state index contributed by atoms with van der Waals surface area (Å²) in [5.74, 6) is -1.05. The molecule has 0 saturated carbocycles. The molecule has 0 fully saturated rings. The maximum absolute atomic E-state index is 12.2. The summed E-state index contributed by atoms with van der Waals surface area (Å²) in [5, 5.41) is 16.9. The van der Waals surface area contributed by atoms with Crippen molar-refractivity contribution in [3.8, 4) is 11.4 Å². The normalized spacial score (nSPS) is 16.5. The summed E-state index contributed by atoms with van der Waals surface area (Å²) in [7, 11) is 1.52. The minimum atomic E-state index is -1.13. The number of halogens is 2. The van der Waals surface area contributed by atoms with Crippen LogP contribution in [-0.2, 0) is 21.6 Å². The second-order valence-electron chi connectivity index (χ2n) is 11.9. The van der Waals surface area contributed by atoms with Gasteiger partial charge in [-0.05, 0) is 44.4 Å². The number of ether oxygens (including phenoxy) is 2. The van der Waals surface area contributed by atoms with Crippen LogP contribution in [0.5, 0.6) is 5.75 Å². The topological polar surface area (TPSA) is 158 Å². The largest absolute Gasteiger partial charge is 0.489 e. The first-order chi connectivity index (χ1) is 20.4. The van der Waals surface area contributed by atoms with Crippen LogP contribution in [-0.4, -0.2) is 56.3 Å². The molecule has 0 spiro atoms. The molecule has 1 atom stereocenters. The lowest BCUT2D eigenvalue weighted by atomic mass is 9.89. The van der Waals surface area contributed by atoms with Gasteiger partial charge in [-0.25, -0.2) is 14.6 Å². The number of hydrogen-bond acceptors (Lipinski definition) is 9. The van der Waals surface area contributed by atoms with Gasteiger partial charge in [0, 0.05) is 24.8 Å². The molecular weight excluding hydrogens is 613 g/mol. The fourth-order valence-electron chi connectivity index (χ4n) is 3.91. The molecule has 0 saturated heterocycles. The number of nitrogens with one attached hydrogen (secondary N) is 1. The predicted molar refractivity (Wildman–Crippen MR) is 166 cm³/mol. The van der Waals surface area contributed by atoms with Gasteiger partial charge in [0.1, 0.15) is 17.0 Å². The molecule has 0 radical (unpaired) electrons. The number of carbonyl (C=O) groups excluding carboxylic acids is 1. The molecule has 12 nitrogen and oxygen atoms in total. The highest BCUT2D eigenvalue weighted by atomic mass is 35.5. The minimum Gasteiger partial charge on any atom is -0.489 e. The van der Waals surface area contributed by atoms with Crippen molar-refractivity contribution in [2.75, 3.05) is 7.11 Å². The van der Waals surface area contributed by atoms with Crippen molar-refractivity contribution in [3.63, 3.8) is 0 Å². The van der Waals surface area contributed by atoms with Crippen molar-refractivity contribution in [3.05, 3.63) is 67.7 Å². The summed E-state index contributed by atoms with van der Waals surface area (Å²) in [6.45, 7) is 15.2. The van der Waals surface area contributed by atoms with Crippen LogP contribution in [0, 0.1) is 5.92 Å². The molecule has 3 heterocycles. The zero-order valence-corrected chi connectivity index (χ0v) is 27.6. The summed E-state index contributed by atoms with van der Waals surface area (Å²) in [6, 6.07) is 4.59. The van der Waals surface area contributed by atoms with Gasteiger partial charge in [-0.15, -0.1) is 5.10 Å². The Balaban J connectivity index is 0.000000240. The van der Waals surface area contributed by atoms with Crippen molar-refractivity contribution in [2.24, 2.45) is 10.9 Å². The van der Waals surface area contributed by atoms with Crippen molar-refractivity contribution < 1.29 is 28.6 Å². The zero-order chi connectivity index (χ0) is 33.1. The van der Waals surface area contributed by atoms with Crippen molar-refractivity contribution in [1.82, 2.24) is 20.1 Å². The van der Waals surface area contributed by atoms with Gasteiger partial charge in [0.25, 0.3) is 5.91 Å². The molecular formula is C30H37Cl2N5O7. The molecule has 2 N–H and O–H groups in total. The molecule has 238 valence electrons. The van der Waals surface area contributed by atoms with Crippen LogP contribution in [0.1, 0.15) is 82.9 Å². The molecule has 3 aromatic rings. The molecule has 44 heavy (non-hydrogen) atoms. The Labute approximate surface area is 265 Å². The molecule has 1 amide bonds. The number of aliphatic imine (C=N–C) groups is 1. The summed E-state index contributed by atoms with van der Waals surface area (Å²) in [4.78, 5) is 44.2. The highest BCUT2D eigenvalue weighted by Crippen LogP contribution is 2.33. The van der Waals surface area contributed by atoms with E-state index in [4.69, 9.17) is 37.1 Å². The second-order valence-corrected chi connectivity index (χ2v) is 12.7. The van der Waals surface area contributed by atoms with Crippen LogP contribution in [0.2, 0.25) is 10.0 Å². The van der Waals surface area contributed by atoms with E-state index in [1.165, 1.54) is 25.4 Å². The van der Waals surface area contributed by atoms with E-state index in [0.29, 0.717) is 27.9 Å². The number of aromatic nitrogens is 3. The van der Waals surface area contributed by atoms with Gasteiger partial charge in [-0.2, -0.15) is 4.68 Å². The number of benzene rings is 1. The Morgan fingerprint density at radius 1 is 1.14 bits per heavy atom. The average molecular weight is 651 g/mol. The van der Waals surface area contributed by atoms with Crippen LogP contribution in [0.25, 0.3) is 5.69 Å². The number of pyridine rings is 1. The maximum atomic E-state index is 12.2. The first-order valence-corrected chi connectivity index (χ1v) is 14.5. The molecule has 14 heteroatoms. The van der Waals surface area contributed by atoms with E-state index in [0.717, 1.165) is 4.68 Å². The molecule has 1 aliphatic rings. The lowest BCUT2D eigenvalue weighted by molar-refractivity contribution is -0.124. The van der Waals surface area contributed by atoms with Gasteiger partial charge < -0.3 is 24.3 Å². The molecule has 4 rings (SSSR count). The number of aromatic carboxylic acids is 1. The van der Waals surface area contributed by atoms with Crippen molar-refractivity contribution in [2.45, 2.75) is 79.1 Å². The van der Waals surface area contributed by atoms with Crippen molar-refractivity contribution in [1.29, 1.82) is 0 Å². The van der Waals surface area contributed by atoms with Crippen LogP contribution in [0.3, 0.4) is 0 Å². The van der Waals surface area contributed by atoms with E-state index in [9.17, 15) is 19.5 Å². The van der Waals surface area contributed by atoms with E-state index in [-0.39, 0.29) is 52.1 Å². The third kappa shape index (κ3) is 7.66. The molecule has 0 bridgehead atoms. The standard InChI is InChI=1S/C15H18Cl2N2O3.C15H19N3O4/c1-8(2)21-12-7-11(9(16)6-10(12)17)19-14(20)22-13(18-19)15(3,4)5;1-8(2)15(3)14(21)17-12(18-15)11-10(13(19)20)5-9(6-16-11)7-22-4/h6-8H,1-5H3;5-6,8H,7H2,1-4H3,(H,19,20)(H,17,18,21). The van der Waals surface area contributed by atoms with Crippen LogP contribution >= 0.6 is 23.2 Å². The number of rotatable bonds is 8. The summed E-state index contributed by atoms with van der Waals surface area (Å²) >= 11 is 12.3. The molecule has 1 aromatic carbocycles. The van der Waals surface area contributed by atoms with Gasteiger partial charge in [0.05, 0.1) is 34.0 Å². The number of hydrogen-bond donors (Lipinski definition) is 2. The number of carboxylic acid groups (broad SMARTS) is 1. The SMILES string of the molecule is CC(C)Oc1cc(-n2nc(C(C)(C)C)oc2=O)c(Cl)cc1Cl.COCc1cnc(C2=NC(C)(C(C)C)C(=O)N2)c(C(=O)O)c1. The Bertz CT molecular complexity index is 1640. The maximum Gasteiger partial charge on any atom is 0.442 e. The van der Waals surface area contributed by atoms with E-state index in [1.54, 1.807) is 13.0 Å². The number of methoxy groups -OCH3 is 1. The third-order valence-electron chi connectivity index (χ3n) is 6.65. The summed E-state index contributed by atoms with van der Waals surface area (Å²) in [5.41, 5.74) is -0.156. The fourth-order valence-corrected chi connectivity index (χ4v) is 4.42. The number of amides is 1. The fraction of sp³-hybridized carbons (Fsp3) is 0.467. The van der Waals surface area contributed by atoms with Crippen LogP contribution in [0.15, 0.2) is 38.6 Å². The van der Waals surface area contributed by atoms with Gasteiger partial charge in [-0.3, -0.25) is 9.78 Å². The number of nitrogens with zero attached hydrogens (tertiary/aromatic N) is 4. The molecule has 1 aliphatic heterocycles. The third-order valence-corrected chi connectivity index (χ3v) is 7.25. The number of carboxylic acids is 1. The molecule has 2 aromatic heterocycles. The monoisotopic (exact) mass is 649 g/mol. The van der Waals surface area contributed by atoms with Gasteiger partial charge in [0.15, 0.2) is 5.84 Å². The van der Waals surface area contributed by atoms with E-state index in [2.05, 4.69) is 20.4 Å². The lowest BCUT2D eigenvalue weighted by Gasteiger charge is -2.21. The number of carbonyl (C=O) groups is 2. The quantitative estimate of drug-likeness (QED) is 0.324. The van der Waals surface area contributed by atoms with E-state index >= 15 is 0 Å². The Hall–Kier alpha value is -3.74. The summed E-state index contributed by atoms with van der Waals surface area (Å²) < 4.78 is 16.9. The van der Waals surface area contributed by atoms with Gasteiger partial charge >= 0.3 is 11.7 Å². The highest BCUT2D eigenvalue weighted by molar-refractivity contribution is 6.36. The Morgan fingerprint density at radius 3 is 2.30 bits per heavy atom. The first-order valence-electron chi connectivity index (χ1n) is 13.8. The summed E-state index contributed by atoms with van der Waals surface area (Å²) in [6.07, 6.45) is 1.45. The lowest BCUT2D eigenvalue weighted by Crippen LogP contribution is -2.41. The minimum absolute atomic E-state index is 0.0124. The van der Waals surface area contributed by atoms with E-state index < -0.39 is 17.3 Å². The smallest absolute Gasteiger partial charge is 0.442 e. The van der Waals surface area contributed by atoms with Gasteiger partial charge in [0.2, 0.25) is 5.89 Å². The average Bonchev–Trinajstić information content (AvgIpc) is 3.46. The highest BCUT2D eigenvalue weighted by Gasteiger charge is 2.43. The number of amidine groups is 1. The second kappa shape index (κ2) is 13.5. The molecule has 1 unspecified atom stereocenters. The van der Waals surface area contributed by atoms with Crippen LogP contribution < -0.4 is 15.8 Å².